The van der Waals surface area contributed by atoms with Crippen LogP contribution in [-0.2, 0) is 20.8 Å². The van der Waals surface area contributed by atoms with E-state index in [-0.39, 0.29) is 24.2 Å². The molecular weight excluding hydrogens is 502 g/mol. The molecule has 1 saturated heterocycles. The van der Waals surface area contributed by atoms with E-state index < -0.39 is 30.0 Å². The molecular formula is C29H37N3O5S. The van der Waals surface area contributed by atoms with Crippen LogP contribution in [0.15, 0.2) is 48.5 Å². The van der Waals surface area contributed by atoms with Crippen molar-refractivity contribution in [3.63, 3.8) is 0 Å². The third-order valence-electron chi connectivity index (χ3n) is 7.11. The van der Waals surface area contributed by atoms with Gasteiger partial charge in [0.05, 0.1) is 11.9 Å². The Labute approximate surface area is 228 Å². The van der Waals surface area contributed by atoms with Crippen molar-refractivity contribution in [2.75, 3.05) is 19.0 Å². The lowest BCUT2D eigenvalue weighted by Crippen LogP contribution is -2.57. The van der Waals surface area contributed by atoms with Crippen molar-refractivity contribution in [2.24, 2.45) is 5.92 Å². The molecule has 0 spiro atoms. The van der Waals surface area contributed by atoms with Gasteiger partial charge in [-0.25, -0.2) is 0 Å². The second-order valence-electron chi connectivity index (χ2n) is 10.3. The number of ether oxygens (including phenoxy) is 1. The van der Waals surface area contributed by atoms with Gasteiger partial charge in [-0.15, -0.1) is 11.8 Å². The summed E-state index contributed by atoms with van der Waals surface area (Å²) in [6.45, 7) is 6.10. The molecule has 2 unspecified atom stereocenters. The van der Waals surface area contributed by atoms with Crippen LogP contribution in [0.25, 0.3) is 0 Å². The molecule has 8 nitrogen and oxygen atoms in total. The normalized spacial score (nSPS) is 20.5. The maximum atomic E-state index is 13.5. The maximum absolute atomic E-state index is 13.5. The molecule has 2 aromatic carbocycles. The summed E-state index contributed by atoms with van der Waals surface area (Å²) in [5.41, 5.74) is 2.70. The van der Waals surface area contributed by atoms with Crippen molar-refractivity contribution in [3.8, 4) is 5.75 Å². The molecule has 1 aliphatic heterocycles. The Morgan fingerprint density at radius 1 is 1.08 bits per heavy atom. The second-order valence-corrected chi connectivity index (χ2v) is 11.6. The molecule has 2 aliphatic rings. The number of rotatable bonds is 11. The first kappa shape index (κ1) is 28.0. The molecule has 2 fully saturated rings. The van der Waals surface area contributed by atoms with Crippen LogP contribution in [0, 0.1) is 19.8 Å². The monoisotopic (exact) mass is 539 g/mol. The molecule has 0 radical (unpaired) electrons. The molecule has 0 aromatic heterocycles. The van der Waals surface area contributed by atoms with Crippen LogP contribution in [0.2, 0.25) is 0 Å². The van der Waals surface area contributed by atoms with Gasteiger partial charge in [-0.3, -0.25) is 14.4 Å². The molecule has 1 heterocycles. The number of carbonyl (C=O) groups excluding carboxylic acids is 3. The van der Waals surface area contributed by atoms with Crippen molar-refractivity contribution < 1.29 is 24.2 Å². The van der Waals surface area contributed by atoms with E-state index in [9.17, 15) is 19.5 Å². The number of amides is 3. The zero-order valence-electron chi connectivity index (χ0n) is 22.2. The molecule has 1 aliphatic carbocycles. The zero-order chi connectivity index (χ0) is 27.2. The van der Waals surface area contributed by atoms with E-state index in [1.54, 1.807) is 0 Å². The van der Waals surface area contributed by atoms with Crippen molar-refractivity contribution in [2.45, 2.75) is 63.5 Å². The molecule has 4 atom stereocenters. The number of aliphatic hydroxyl groups excluding tert-OH is 1. The minimum Gasteiger partial charge on any atom is -0.483 e. The number of carbonyl (C=O) groups is 3. The topological polar surface area (TPSA) is 108 Å². The van der Waals surface area contributed by atoms with Gasteiger partial charge in [0, 0.05) is 11.8 Å². The molecule has 3 N–H and O–H groups in total. The Balaban J connectivity index is 1.45. The van der Waals surface area contributed by atoms with E-state index in [4.69, 9.17) is 4.74 Å². The van der Waals surface area contributed by atoms with Crippen LogP contribution >= 0.6 is 11.8 Å². The lowest BCUT2D eigenvalue weighted by molar-refractivity contribution is -0.147. The average Bonchev–Trinajstić information content (AvgIpc) is 3.65. The van der Waals surface area contributed by atoms with Gasteiger partial charge in [-0.05, 0) is 55.7 Å². The van der Waals surface area contributed by atoms with E-state index in [0.29, 0.717) is 24.1 Å². The minimum absolute atomic E-state index is 0.0988. The summed E-state index contributed by atoms with van der Waals surface area (Å²) in [6, 6.07) is 13.6. The van der Waals surface area contributed by atoms with Gasteiger partial charge in [0.15, 0.2) is 12.7 Å². The molecule has 38 heavy (non-hydrogen) atoms. The third kappa shape index (κ3) is 7.08. The van der Waals surface area contributed by atoms with Crippen LogP contribution in [0.4, 0.5) is 0 Å². The summed E-state index contributed by atoms with van der Waals surface area (Å²) in [5.74, 6) is 0.269. The van der Waals surface area contributed by atoms with E-state index >= 15 is 0 Å². The summed E-state index contributed by atoms with van der Waals surface area (Å²) in [5, 5.41) is 16.9. The van der Waals surface area contributed by atoms with E-state index in [2.05, 4.69) is 10.6 Å². The highest BCUT2D eigenvalue weighted by Gasteiger charge is 2.44. The molecule has 4 rings (SSSR count). The molecule has 204 valence electrons. The highest BCUT2D eigenvalue weighted by atomic mass is 32.2. The summed E-state index contributed by atoms with van der Waals surface area (Å²) < 4.78 is 5.79. The molecule has 1 saturated carbocycles. The predicted octanol–water partition coefficient (Wildman–Crippen LogP) is 2.59. The summed E-state index contributed by atoms with van der Waals surface area (Å²) >= 11 is 1.50. The fraction of sp³-hybridized carbons (Fsp3) is 0.483. The van der Waals surface area contributed by atoms with Gasteiger partial charge in [0.1, 0.15) is 11.8 Å². The largest absolute Gasteiger partial charge is 0.483 e. The van der Waals surface area contributed by atoms with Crippen molar-refractivity contribution in [1.29, 1.82) is 0 Å². The first-order chi connectivity index (χ1) is 18.2. The number of nitrogens with zero attached hydrogens (tertiary/aromatic N) is 1. The number of hydrogen-bond donors (Lipinski definition) is 3. The fourth-order valence-corrected chi connectivity index (χ4v) is 5.85. The van der Waals surface area contributed by atoms with Gasteiger partial charge < -0.3 is 25.4 Å². The minimum atomic E-state index is -1.52. The highest BCUT2D eigenvalue weighted by molar-refractivity contribution is 8.00. The lowest BCUT2D eigenvalue weighted by atomic mass is 9.99. The summed E-state index contributed by atoms with van der Waals surface area (Å²) in [6.07, 6.45) is 0.955. The average molecular weight is 540 g/mol. The van der Waals surface area contributed by atoms with Crippen LogP contribution in [-0.4, -0.2) is 70.2 Å². The maximum Gasteiger partial charge on any atom is 0.258 e. The van der Waals surface area contributed by atoms with Crippen LogP contribution in [0.3, 0.4) is 0 Å². The quantitative estimate of drug-likeness (QED) is 0.405. The zero-order valence-corrected chi connectivity index (χ0v) is 23.0. The molecule has 2 aromatic rings. The number of nitrogens with one attached hydrogen (secondary N) is 2. The number of para-hydroxylation sites is 1. The second kappa shape index (κ2) is 12.7. The first-order valence-corrected chi connectivity index (χ1v) is 14.2. The summed E-state index contributed by atoms with van der Waals surface area (Å²) in [7, 11) is 0. The Bertz CT molecular complexity index is 1120. The number of hydrogen-bond acceptors (Lipinski definition) is 6. The number of aryl methyl sites for hydroxylation is 2. The van der Waals surface area contributed by atoms with Gasteiger partial charge in [-0.2, -0.15) is 0 Å². The molecule has 0 bridgehead atoms. The number of thioether (sulfide) groups is 1. The van der Waals surface area contributed by atoms with Crippen LogP contribution in [0.1, 0.15) is 36.5 Å². The van der Waals surface area contributed by atoms with Gasteiger partial charge >= 0.3 is 0 Å². The van der Waals surface area contributed by atoms with Gasteiger partial charge in [0.25, 0.3) is 11.8 Å². The van der Waals surface area contributed by atoms with E-state index in [0.717, 1.165) is 29.5 Å². The molecule has 3 amide bonds. The first-order valence-electron chi connectivity index (χ1n) is 13.1. The van der Waals surface area contributed by atoms with Crippen molar-refractivity contribution >= 4 is 29.5 Å². The Morgan fingerprint density at radius 3 is 2.42 bits per heavy atom. The van der Waals surface area contributed by atoms with E-state index in [1.165, 1.54) is 16.7 Å². The number of aliphatic hydroxyl groups is 1. The predicted molar refractivity (Wildman–Crippen MR) is 148 cm³/mol. The standard InChI is InChI=1S/C29H37N3O5S/c1-18-8-7-9-19(2)27(18)37-16-24(33)31-23(14-21-10-5-4-6-11-21)26(34)29(36)32-17-38-20(3)25(32)28(35)30-15-22-12-13-22/h4-11,20,22-23,25-26,34H,12-17H2,1-3H3,(H,30,35)(H,31,33)/t20?,23?,25-,26-/m0/s1. The van der Waals surface area contributed by atoms with Crippen molar-refractivity contribution in [3.05, 3.63) is 65.2 Å². The Hall–Kier alpha value is -3.04. The number of benzene rings is 2. The highest BCUT2D eigenvalue weighted by Crippen LogP contribution is 2.31. The van der Waals surface area contributed by atoms with Gasteiger partial charge in [0.2, 0.25) is 5.91 Å². The van der Waals surface area contributed by atoms with Gasteiger partial charge in [-0.1, -0.05) is 55.5 Å². The fourth-order valence-electron chi connectivity index (χ4n) is 4.71. The SMILES string of the molecule is Cc1cccc(C)c1OCC(=O)NC(Cc1ccccc1)[C@H](O)C(=O)N1CSC(C)[C@H]1C(=O)NCC1CC1. The lowest BCUT2D eigenvalue weighted by Gasteiger charge is -2.30. The van der Waals surface area contributed by atoms with Crippen LogP contribution < -0.4 is 15.4 Å². The summed E-state index contributed by atoms with van der Waals surface area (Å²) in [4.78, 5) is 40.9. The molecule has 9 heteroatoms. The third-order valence-corrected chi connectivity index (χ3v) is 8.32. The Morgan fingerprint density at radius 2 is 1.76 bits per heavy atom. The van der Waals surface area contributed by atoms with E-state index in [1.807, 2.05) is 69.3 Å². The smallest absolute Gasteiger partial charge is 0.258 e. The van der Waals surface area contributed by atoms with Crippen molar-refractivity contribution in [1.82, 2.24) is 15.5 Å². The van der Waals surface area contributed by atoms with Crippen LogP contribution in [0.5, 0.6) is 5.75 Å². The Kier molecular flexibility index (Phi) is 9.33.